The van der Waals surface area contributed by atoms with Gasteiger partial charge in [-0.3, -0.25) is 9.39 Å². The van der Waals surface area contributed by atoms with Crippen molar-refractivity contribution in [2.24, 2.45) is 4.99 Å². The summed E-state index contributed by atoms with van der Waals surface area (Å²) in [6.45, 7) is 2.76. The monoisotopic (exact) mass is 520 g/mol. The molecule has 7 nitrogen and oxygen atoms in total. The van der Waals surface area contributed by atoms with E-state index in [2.05, 4.69) is 25.4 Å². The maximum absolute atomic E-state index is 6.09. The number of halogens is 1. The quantitative estimate of drug-likeness (QED) is 0.234. The molecule has 1 fully saturated rings. The molecule has 3 heterocycles. The lowest BCUT2D eigenvalue weighted by Gasteiger charge is -2.34. The first kappa shape index (κ1) is 22.3. The fourth-order valence-electron chi connectivity index (χ4n) is 3.72. The lowest BCUT2D eigenvalue weighted by Crippen LogP contribution is -2.47. The molecule has 0 saturated carbocycles. The number of aliphatic imine (C=N–C) groups is 1. The molecule has 1 saturated heterocycles. The molecular weight excluding hydrogens is 491 g/mol. The molecule has 0 bridgehead atoms. The Balaban J connectivity index is 0.00000256. The van der Waals surface area contributed by atoms with Crippen LogP contribution in [-0.4, -0.2) is 58.2 Å². The largest absolute Gasteiger partial charge is 0.490 e. The van der Waals surface area contributed by atoms with Gasteiger partial charge in [0.2, 0.25) is 0 Å². The topological polar surface area (TPSA) is 67.0 Å². The van der Waals surface area contributed by atoms with Gasteiger partial charge in [0, 0.05) is 52.1 Å². The van der Waals surface area contributed by atoms with Crippen LogP contribution in [0.1, 0.15) is 25.1 Å². The van der Waals surface area contributed by atoms with Crippen LogP contribution in [0.4, 0.5) is 0 Å². The van der Waals surface area contributed by atoms with E-state index in [1.165, 1.54) is 0 Å². The minimum Gasteiger partial charge on any atom is -0.490 e. The molecule has 30 heavy (non-hydrogen) atoms. The van der Waals surface area contributed by atoms with Crippen molar-refractivity contribution < 1.29 is 4.74 Å². The van der Waals surface area contributed by atoms with E-state index in [0.29, 0.717) is 0 Å². The number of pyridine rings is 1. The lowest BCUT2D eigenvalue weighted by atomic mass is 10.1. The van der Waals surface area contributed by atoms with Gasteiger partial charge in [-0.25, -0.2) is 0 Å². The first-order chi connectivity index (χ1) is 14.3. The number of hydrogen-bond acceptors (Lipinski definition) is 4. The van der Waals surface area contributed by atoms with E-state index in [1.807, 2.05) is 66.2 Å². The number of piperidine rings is 1. The molecule has 0 unspecified atom stereocenters. The van der Waals surface area contributed by atoms with Gasteiger partial charge in [-0.05, 0) is 30.7 Å². The van der Waals surface area contributed by atoms with Crippen molar-refractivity contribution in [3.05, 3.63) is 60.6 Å². The molecule has 1 aromatic carbocycles. The summed E-state index contributed by atoms with van der Waals surface area (Å²) in [5, 5.41) is 12.0. The average Bonchev–Trinajstić information content (AvgIpc) is 3.18. The summed E-state index contributed by atoms with van der Waals surface area (Å²) >= 11 is 0. The predicted molar refractivity (Wildman–Crippen MR) is 130 cm³/mol. The lowest BCUT2D eigenvalue weighted by molar-refractivity contribution is 0.129. The summed E-state index contributed by atoms with van der Waals surface area (Å²) in [6, 6.07) is 16.0. The number of likely N-dealkylation sites (tertiary alicyclic amines) is 1. The highest BCUT2D eigenvalue weighted by Crippen LogP contribution is 2.18. The van der Waals surface area contributed by atoms with E-state index in [-0.39, 0.29) is 30.1 Å². The van der Waals surface area contributed by atoms with Gasteiger partial charge >= 0.3 is 0 Å². The number of guanidine groups is 1. The van der Waals surface area contributed by atoms with E-state index in [4.69, 9.17) is 4.74 Å². The Hall–Kier alpha value is -2.36. The van der Waals surface area contributed by atoms with Crippen molar-refractivity contribution in [2.45, 2.75) is 31.8 Å². The molecule has 0 atom stereocenters. The van der Waals surface area contributed by atoms with Gasteiger partial charge in [-0.1, -0.05) is 24.3 Å². The van der Waals surface area contributed by atoms with Crippen LogP contribution in [0.3, 0.4) is 0 Å². The van der Waals surface area contributed by atoms with E-state index in [0.717, 1.165) is 68.5 Å². The normalized spacial score (nSPS) is 15.1. The zero-order chi connectivity index (χ0) is 19.9. The number of nitrogens with zero attached hydrogens (tertiary/aromatic N) is 5. The van der Waals surface area contributed by atoms with Crippen molar-refractivity contribution >= 4 is 35.6 Å². The number of aryl methyl sites for hydroxylation is 1. The van der Waals surface area contributed by atoms with Gasteiger partial charge in [0.15, 0.2) is 11.6 Å². The van der Waals surface area contributed by atoms with Crippen molar-refractivity contribution in [3.8, 4) is 5.75 Å². The summed E-state index contributed by atoms with van der Waals surface area (Å²) < 4.78 is 8.14. The van der Waals surface area contributed by atoms with Crippen LogP contribution in [0.2, 0.25) is 0 Å². The average molecular weight is 520 g/mol. The second-order valence-corrected chi connectivity index (χ2v) is 7.24. The number of aromatic nitrogens is 3. The Morgan fingerprint density at radius 2 is 1.87 bits per heavy atom. The standard InChI is InChI=1S/C22H28N6O.HI/c1-23-22(24-14-7-11-21-26-25-20-10-5-6-15-28(20)21)27-16-12-19(13-17-27)29-18-8-3-2-4-9-18;/h2-6,8-10,15,19H,7,11-14,16-17H2,1H3,(H,23,24);1H. The number of fused-ring (bicyclic) bond motifs is 1. The molecule has 0 spiro atoms. The second kappa shape index (κ2) is 11.1. The third kappa shape index (κ3) is 5.62. The smallest absolute Gasteiger partial charge is 0.193 e. The van der Waals surface area contributed by atoms with Gasteiger partial charge in [0.05, 0.1) is 0 Å². The summed E-state index contributed by atoms with van der Waals surface area (Å²) in [6.07, 6.45) is 6.14. The molecule has 1 N–H and O–H groups in total. The number of rotatable bonds is 6. The zero-order valence-corrected chi connectivity index (χ0v) is 19.6. The molecule has 0 aliphatic carbocycles. The maximum atomic E-state index is 6.09. The fraction of sp³-hybridized carbons (Fsp3) is 0.409. The van der Waals surface area contributed by atoms with Crippen LogP contribution >= 0.6 is 24.0 Å². The third-order valence-electron chi connectivity index (χ3n) is 5.24. The van der Waals surface area contributed by atoms with Gasteiger partial charge in [0.1, 0.15) is 17.7 Å². The number of para-hydroxylation sites is 1. The summed E-state index contributed by atoms with van der Waals surface area (Å²) in [5.41, 5.74) is 0.895. The first-order valence-electron chi connectivity index (χ1n) is 10.3. The number of ether oxygens (including phenoxy) is 1. The van der Waals surface area contributed by atoms with Crippen molar-refractivity contribution in [3.63, 3.8) is 0 Å². The number of hydrogen-bond donors (Lipinski definition) is 1. The predicted octanol–water partition coefficient (Wildman–Crippen LogP) is 3.40. The molecule has 4 rings (SSSR count). The van der Waals surface area contributed by atoms with Crippen LogP contribution in [0, 0.1) is 0 Å². The molecular formula is C22H29IN6O. The molecule has 1 aliphatic rings. The summed E-state index contributed by atoms with van der Waals surface area (Å²) in [4.78, 5) is 6.78. The molecule has 3 aromatic rings. The fourth-order valence-corrected chi connectivity index (χ4v) is 3.72. The Morgan fingerprint density at radius 3 is 2.63 bits per heavy atom. The summed E-state index contributed by atoms with van der Waals surface area (Å²) in [5.74, 6) is 2.92. The molecule has 160 valence electrons. The van der Waals surface area contributed by atoms with Crippen molar-refractivity contribution in [1.82, 2.24) is 24.8 Å². The molecule has 0 radical (unpaired) electrons. The van der Waals surface area contributed by atoms with Crippen LogP contribution in [-0.2, 0) is 6.42 Å². The first-order valence-corrected chi connectivity index (χ1v) is 10.3. The highest BCUT2D eigenvalue weighted by atomic mass is 127. The van der Waals surface area contributed by atoms with Gasteiger partial charge in [-0.15, -0.1) is 34.2 Å². The Kier molecular flexibility index (Phi) is 8.30. The Morgan fingerprint density at radius 1 is 1.10 bits per heavy atom. The highest BCUT2D eigenvalue weighted by Gasteiger charge is 2.22. The highest BCUT2D eigenvalue weighted by molar-refractivity contribution is 14.0. The second-order valence-electron chi connectivity index (χ2n) is 7.24. The van der Waals surface area contributed by atoms with E-state index in [9.17, 15) is 0 Å². The Labute approximate surface area is 194 Å². The molecule has 1 aliphatic heterocycles. The van der Waals surface area contributed by atoms with Crippen LogP contribution < -0.4 is 10.1 Å². The SMILES string of the molecule is CN=C(NCCCc1nnc2ccccn12)N1CCC(Oc2ccccc2)CC1.I. The van der Waals surface area contributed by atoms with E-state index in [1.54, 1.807) is 0 Å². The van der Waals surface area contributed by atoms with Crippen LogP contribution in [0.15, 0.2) is 59.7 Å². The van der Waals surface area contributed by atoms with Crippen molar-refractivity contribution in [1.29, 1.82) is 0 Å². The minimum absolute atomic E-state index is 0. The van der Waals surface area contributed by atoms with E-state index >= 15 is 0 Å². The molecule has 8 heteroatoms. The molecule has 2 aromatic heterocycles. The number of nitrogens with one attached hydrogen (secondary N) is 1. The van der Waals surface area contributed by atoms with Gasteiger partial charge < -0.3 is 15.0 Å². The van der Waals surface area contributed by atoms with Gasteiger partial charge in [-0.2, -0.15) is 0 Å². The van der Waals surface area contributed by atoms with Crippen LogP contribution in [0.5, 0.6) is 5.75 Å². The van der Waals surface area contributed by atoms with Crippen LogP contribution in [0.25, 0.3) is 5.65 Å². The summed E-state index contributed by atoms with van der Waals surface area (Å²) in [7, 11) is 1.85. The third-order valence-corrected chi connectivity index (χ3v) is 5.24. The maximum Gasteiger partial charge on any atom is 0.193 e. The Bertz CT molecular complexity index is 937. The van der Waals surface area contributed by atoms with Crippen molar-refractivity contribution in [2.75, 3.05) is 26.7 Å². The zero-order valence-electron chi connectivity index (χ0n) is 17.3. The number of benzene rings is 1. The molecule has 0 amide bonds. The van der Waals surface area contributed by atoms with Gasteiger partial charge in [0.25, 0.3) is 0 Å². The minimum atomic E-state index is 0. The van der Waals surface area contributed by atoms with E-state index < -0.39 is 0 Å².